The molecular weight excluding hydrogens is 326 g/mol. The van der Waals surface area contributed by atoms with Crippen molar-refractivity contribution in [3.8, 4) is 0 Å². The van der Waals surface area contributed by atoms with E-state index in [0.29, 0.717) is 11.6 Å². The number of likely N-dealkylation sites (tertiary alicyclic amines) is 1. The summed E-state index contributed by atoms with van der Waals surface area (Å²) in [5, 5.41) is 2.82. The third-order valence-electron chi connectivity index (χ3n) is 4.50. The van der Waals surface area contributed by atoms with Gasteiger partial charge in [0, 0.05) is 18.8 Å². The van der Waals surface area contributed by atoms with Crippen molar-refractivity contribution < 1.29 is 13.2 Å². The van der Waals surface area contributed by atoms with Crippen molar-refractivity contribution in [2.24, 2.45) is 5.92 Å². The maximum Gasteiger partial charge on any atom is 0.321 e. The van der Waals surface area contributed by atoms with Crippen LogP contribution in [0.4, 0.5) is 10.5 Å². The SMILES string of the molecule is CCC[C@H]1CCCN(C(=O)Nc2cccc(S(=O)(=O)NC)c2)CC1. The Hall–Kier alpha value is -1.60. The lowest BCUT2D eigenvalue weighted by Crippen LogP contribution is -2.35. The zero-order chi connectivity index (χ0) is 17.6. The van der Waals surface area contributed by atoms with Crippen molar-refractivity contribution in [2.45, 2.75) is 43.9 Å². The van der Waals surface area contributed by atoms with E-state index in [1.54, 1.807) is 12.1 Å². The van der Waals surface area contributed by atoms with Gasteiger partial charge in [0.2, 0.25) is 10.0 Å². The number of nitrogens with one attached hydrogen (secondary N) is 2. The van der Waals surface area contributed by atoms with E-state index in [4.69, 9.17) is 0 Å². The molecule has 1 aromatic carbocycles. The van der Waals surface area contributed by atoms with Gasteiger partial charge in [-0.15, -0.1) is 0 Å². The summed E-state index contributed by atoms with van der Waals surface area (Å²) in [7, 11) is -2.15. The molecule has 1 atom stereocenters. The molecule has 2 amide bonds. The van der Waals surface area contributed by atoms with Crippen molar-refractivity contribution >= 4 is 21.7 Å². The lowest BCUT2D eigenvalue weighted by Gasteiger charge is -2.21. The predicted octanol–water partition coefficient (Wildman–Crippen LogP) is 3.03. The van der Waals surface area contributed by atoms with E-state index in [1.165, 1.54) is 38.4 Å². The first kappa shape index (κ1) is 18.7. The van der Waals surface area contributed by atoms with Gasteiger partial charge in [0.05, 0.1) is 4.90 Å². The van der Waals surface area contributed by atoms with Crippen LogP contribution in [-0.2, 0) is 10.0 Å². The number of carbonyl (C=O) groups excluding carboxylic acids is 1. The molecule has 134 valence electrons. The summed E-state index contributed by atoms with van der Waals surface area (Å²) in [4.78, 5) is 14.4. The molecule has 6 nitrogen and oxygen atoms in total. The summed E-state index contributed by atoms with van der Waals surface area (Å²) in [6, 6.07) is 6.14. The first-order valence-corrected chi connectivity index (χ1v) is 10.0. The average molecular weight is 353 g/mol. The summed E-state index contributed by atoms with van der Waals surface area (Å²) < 4.78 is 26.0. The van der Waals surface area contributed by atoms with Gasteiger partial charge >= 0.3 is 6.03 Å². The fourth-order valence-electron chi connectivity index (χ4n) is 3.13. The van der Waals surface area contributed by atoms with Gasteiger partial charge in [0.1, 0.15) is 0 Å². The lowest BCUT2D eigenvalue weighted by molar-refractivity contribution is 0.213. The van der Waals surface area contributed by atoms with E-state index >= 15 is 0 Å². The quantitative estimate of drug-likeness (QED) is 0.854. The molecule has 0 bridgehead atoms. The second-order valence-electron chi connectivity index (χ2n) is 6.24. The maximum atomic E-state index is 12.5. The number of hydrogen-bond acceptors (Lipinski definition) is 3. The molecule has 0 aromatic heterocycles. The van der Waals surface area contributed by atoms with Crippen molar-refractivity contribution in [3.63, 3.8) is 0 Å². The Labute approximate surface area is 144 Å². The lowest BCUT2D eigenvalue weighted by atomic mass is 9.96. The molecule has 2 N–H and O–H groups in total. The van der Waals surface area contributed by atoms with Gasteiger partial charge in [-0.05, 0) is 50.4 Å². The number of carbonyl (C=O) groups is 1. The molecule has 1 aliphatic heterocycles. The van der Waals surface area contributed by atoms with E-state index in [1.807, 2.05) is 4.90 Å². The molecule has 1 fully saturated rings. The third-order valence-corrected chi connectivity index (χ3v) is 5.91. The minimum atomic E-state index is -3.52. The van der Waals surface area contributed by atoms with Crippen molar-refractivity contribution in [1.82, 2.24) is 9.62 Å². The minimum absolute atomic E-state index is 0.140. The van der Waals surface area contributed by atoms with Gasteiger partial charge in [-0.3, -0.25) is 0 Å². The number of rotatable bonds is 5. The van der Waals surface area contributed by atoms with Gasteiger partial charge in [0.25, 0.3) is 0 Å². The standard InChI is InChI=1S/C17H27N3O3S/c1-3-6-14-7-5-11-20(12-10-14)17(21)19-15-8-4-9-16(13-15)24(22,23)18-2/h4,8-9,13-14,18H,3,5-7,10-12H2,1-2H3,(H,19,21)/t14-/m0/s1. The number of benzene rings is 1. The van der Waals surface area contributed by atoms with Crippen LogP contribution in [-0.4, -0.2) is 39.5 Å². The molecule has 0 saturated carbocycles. The number of amides is 2. The summed E-state index contributed by atoms with van der Waals surface area (Å²) >= 11 is 0. The van der Waals surface area contributed by atoms with Crippen LogP contribution in [0.5, 0.6) is 0 Å². The second-order valence-corrected chi connectivity index (χ2v) is 8.12. The van der Waals surface area contributed by atoms with E-state index in [9.17, 15) is 13.2 Å². The van der Waals surface area contributed by atoms with Crippen molar-refractivity contribution in [2.75, 3.05) is 25.5 Å². The molecule has 24 heavy (non-hydrogen) atoms. The minimum Gasteiger partial charge on any atom is -0.325 e. The normalized spacial score (nSPS) is 18.9. The highest BCUT2D eigenvalue weighted by Gasteiger charge is 2.20. The van der Waals surface area contributed by atoms with E-state index in [2.05, 4.69) is 17.0 Å². The van der Waals surface area contributed by atoms with Crippen molar-refractivity contribution in [1.29, 1.82) is 0 Å². The van der Waals surface area contributed by atoms with Crippen LogP contribution in [0.2, 0.25) is 0 Å². The molecule has 1 aliphatic rings. The van der Waals surface area contributed by atoms with Crippen LogP contribution in [0.25, 0.3) is 0 Å². The Balaban J connectivity index is 2.01. The third kappa shape index (κ3) is 4.95. The van der Waals surface area contributed by atoms with Gasteiger partial charge < -0.3 is 10.2 Å². The topological polar surface area (TPSA) is 78.5 Å². The van der Waals surface area contributed by atoms with Gasteiger partial charge in [-0.1, -0.05) is 25.8 Å². The zero-order valence-electron chi connectivity index (χ0n) is 14.4. The van der Waals surface area contributed by atoms with Crippen molar-refractivity contribution in [3.05, 3.63) is 24.3 Å². The summed E-state index contributed by atoms with van der Waals surface area (Å²) in [6.45, 7) is 3.70. The molecule has 1 heterocycles. The Bertz CT molecular complexity index is 661. The van der Waals surface area contributed by atoms with Crippen LogP contribution < -0.4 is 10.0 Å². The maximum absolute atomic E-state index is 12.5. The van der Waals surface area contributed by atoms with Gasteiger partial charge in [-0.2, -0.15) is 0 Å². The predicted molar refractivity (Wildman–Crippen MR) is 95.5 cm³/mol. The number of nitrogens with zero attached hydrogens (tertiary/aromatic N) is 1. The van der Waals surface area contributed by atoms with E-state index < -0.39 is 10.0 Å². The molecule has 0 radical (unpaired) electrons. The number of anilines is 1. The van der Waals surface area contributed by atoms with Gasteiger partial charge in [-0.25, -0.2) is 17.9 Å². The highest BCUT2D eigenvalue weighted by Crippen LogP contribution is 2.22. The number of urea groups is 1. The smallest absolute Gasteiger partial charge is 0.321 e. The fourth-order valence-corrected chi connectivity index (χ4v) is 3.90. The highest BCUT2D eigenvalue weighted by atomic mass is 32.2. The van der Waals surface area contributed by atoms with Crippen LogP contribution in [0.3, 0.4) is 0 Å². The Morgan fingerprint density at radius 1 is 1.29 bits per heavy atom. The van der Waals surface area contributed by atoms with Crippen LogP contribution in [0, 0.1) is 5.92 Å². The fraction of sp³-hybridized carbons (Fsp3) is 0.588. The van der Waals surface area contributed by atoms with Gasteiger partial charge in [0.15, 0.2) is 0 Å². The van der Waals surface area contributed by atoms with Crippen LogP contribution in [0.1, 0.15) is 39.0 Å². The number of sulfonamides is 1. The van der Waals surface area contributed by atoms with Crippen LogP contribution >= 0.6 is 0 Å². The summed E-state index contributed by atoms with van der Waals surface area (Å²) in [6.07, 6.45) is 5.64. The Morgan fingerprint density at radius 3 is 2.79 bits per heavy atom. The molecule has 0 aliphatic carbocycles. The van der Waals surface area contributed by atoms with Crippen LogP contribution in [0.15, 0.2) is 29.2 Å². The molecule has 2 rings (SSSR count). The largest absolute Gasteiger partial charge is 0.325 e. The second kappa shape index (κ2) is 8.48. The first-order valence-electron chi connectivity index (χ1n) is 8.55. The highest BCUT2D eigenvalue weighted by molar-refractivity contribution is 7.89. The summed E-state index contributed by atoms with van der Waals surface area (Å²) in [5.74, 6) is 0.705. The average Bonchev–Trinajstić information content (AvgIpc) is 2.81. The summed E-state index contributed by atoms with van der Waals surface area (Å²) in [5.41, 5.74) is 0.491. The Morgan fingerprint density at radius 2 is 2.08 bits per heavy atom. The zero-order valence-corrected chi connectivity index (χ0v) is 15.2. The van der Waals surface area contributed by atoms with E-state index in [0.717, 1.165) is 25.9 Å². The molecule has 7 heteroatoms. The molecule has 0 unspecified atom stereocenters. The molecule has 1 saturated heterocycles. The Kier molecular flexibility index (Phi) is 6.62. The molecular formula is C17H27N3O3S. The van der Waals surface area contributed by atoms with E-state index in [-0.39, 0.29) is 10.9 Å². The first-order chi connectivity index (χ1) is 11.5. The number of hydrogen-bond donors (Lipinski definition) is 2. The monoisotopic (exact) mass is 353 g/mol. The molecule has 0 spiro atoms. The molecule has 1 aromatic rings.